The van der Waals surface area contributed by atoms with Gasteiger partial charge in [0.15, 0.2) is 0 Å². The molecule has 1 aliphatic heterocycles. The van der Waals surface area contributed by atoms with Crippen LogP contribution in [-0.2, 0) is 0 Å². The molecule has 1 aliphatic rings. The maximum atomic E-state index is 12.5. The number of imide groups is 1. The smallest absolute Gasteiger partial charge is 0.317 e. The summed E-state index contributed by atoms with van der Waals surface area (Å²) in [7, 11) is 0. The van der Waals surface area contributed by atoms with Gasteiger partial charge in [-0.25, -0.2) is 4.79 Å². The Kier molecular flexibility index (Phi) is 5.75. The van der Waals surface area contributed by atoms with E-state index in [1.165, 1.54) is 9.80 Å². The second-order valence-electron chi connectivity index (χ2n) is 6.29. The monoisotopic (exact) mass is 341 g/mol. The Bertz CT molecular complexity index is 715. The summed E-state index contributed by atoms with van der Waals surface area (Å²) in [5.41, 5.74) is 1.16. The number of nitrogens with one attached hydrogen (secondary N) is 1. The van der Waals surface area contributed by atoms with Crippen molar-refractivity contribution in [3.05, 3.63) is 54.6 Å². The Morgan fingerprint density at radius 2 is 1.76 bits per heavy atom. The summed E-state index contributed by atoms with van der Waals surface area (Å²) < 4.78 is 0. The number of carbonyl (C=O) groups excluding carboxylic acids is 3. The van der Waals surface area contributed by atoms with Gasteiger partial charge in [-0.05, 0) is 24.1 Å². The molecule has 1 N–H and O–H groups in total. The third-order valence-electron chi connectivity index (χ3n) is 3.76. The molecule has 1 aromatic carbocycles. The second kappa shape index (κ2) is 7.79. The van der Waals surface area contributed by atoms with Gasteiger partial charge in [0.25, 0.3) is 11.8 Å². The Morgan fingerprint density at radius 3 is 2.32 bits per heavy atom. The van der Waals surface area contributed by atoms with E-state index in [0.717, 1.165) is 0 Å². The van der Waals surface area contributed by atoms with Gasteiger partial charge in [0.1, 0.15) is 0 Å². The fraction of sp³-hybridized carbons (Fsp3) is 0.316. The lowest BCUT2D eigenvalue weighted by Gasteiger charge is -2.20. The molecule has 0 saturated carbocycles. The number of hydrogen-bond donors (Lipinski definition) is 1. The second-order valence-corrected chi connectivity index (χ2v) is 6.29. The molecule has 0 radical (unpaired) electrons. The number of rotatable bonds is 7. The Morgan fingerprint density at radius 1 is 1.16 bits per heavy atom. The van der Waals surface area contributed by atoms with Crippen LogP contribution in [0.25, 0.3) is 0 Å². The summed E-state index contributed by atoms with van der Waals surface area (Å²) in [6, 6.07) is 4.43. The minimum absolute atomic E-state index is 0.188. The molecule has 0 spiro atoms. The van der Waals surface area contributed by atoms with E-state index in [2.05, 4.69) is 18.5 Å². The fourth-order valence-corrected chi connectivity index (χ4v) is 2.65. The van der Waals surface area contributed by atoms with Crippen LogP contribution in [-0.4, -0.2) is 47.3 Å². The molecule has 4 amide bonds. The minimum atomic E-state index is -0.324. The Labute approximate surface area is 147 Å². The molecule has 0 unspecified atom stereocenters. The van der Waals surface area contributed by atoms with Crippen molar-refractivity contribution in [3.8, 4) is 0 Å². The van der Waals surface area contributed by atoms with Crippen molar-refractivity contribution in [2.24, 2.45) is 5.92 Å². The molecule has 2 rings (SSSR count). The van der Waals surface area contributed by atoms with Crippen LogP contribution < -0.4 is 5.32 Å². The normalized spacial score (nSPS) is 13.0. The van der Waals surface area contributed by atoms with Crippen LogP contribution in [0.1, 0.15) is 34.6 Å². The van der Waals surface area contributed by atoms with Gasteiger partial charge >= 0.3 is 6.03 Å². The Balaban J connectivity index is 2.20. The summed E-state index contributed by atoms with van der Waals surface area (Å²) in [6.07, 6.45) is 3.25. The van der Waals surface area contributed by atoms with Crippen LogP contribution in [0.15, 0.2) is 43.5 Å². The van der Waals surface area contributed by atoms with Crippen molar-refractivity contribution in [1.82, 2.24) is 9.80 Å². The number of nitrogens with zero attached hydrogens (tertiary/aromatic N) is 2. The Hall–Kier alpha value is -2.89. The van der Waals surface area contributed by atoms with E-state index in [0.29, 0.717) is 36.4 Å². The summed E-state index contributed by atoms with van der Waals surface area (Å²) >= 11 is 0. The number of fused-ring (bicyclic) bond motifs is 1. The number of benzene rings is 1. The van der Waals surface area contributed by atoms with Crippen LogP contribution >= 0.6 is 0 Å². The van der Waals surface area contributed by atoms with Crippen LogP contribution in [0.4, 0.5) is 10.5 Å². The third kappa shape index (κ3) is 3.96. The number of carbonyl (C=O) groups is 3. The average molecular weight is 341 g/mol. The van der Waals surface area contributed by atoms with Crippen LogP contribution in [0, 0.1) is 5.92 Å². The molecule has 6 nitrogen and oxygen atoms in total. The van der Waals surface area contributed by atoms with E-state index >= 15 is 0 Å². The predicted molar refractivity (Wildman–Crippen MR) is 97.6 cm³/mol. The van der Waals surface area contributed by atoms with Crippen molar-refractivity contribution in [2.75, 3.05) is 25.0 Å². The van der Waals surface area contributed by atoms with E-state index in [4.69, 9.17) is 0 Å². The third-order valence-corrected chi connectivity index (χ3v) is 3.76. The first-order valence-electron chi connectivity index (χ1n) is 8.17. The van der Waals surface area contributed by atoms with Crippen LogP contribution in [0.3, 0.4) is 0 Å². The van der Waals surface area contributed by atoms with E-state index < -0.39 is 0 Å². The van der Waals surface area contributed by atoms with Crippen molar-refractivity contribution in [3.63, 3.8) is 0 Å². The van der Waals surface area contributed by atoms with Crippen LogP contribution in [0.2, 0.25) is 0 Å². The van der Waals surface area contributed by atoms with E-state index in [1.807, 2.05) is 13.8 Å². The van der Waals surface area contributed by atoms with Gasteiger partial charge in [-0.15, -0.1) is 13.2 Å². The maximum Gasteiger partial charge on any atom is 0.322 e. The summed E-state index contributed by atoms with van der Waals surface area (Å²) in [5, 5.41) is 2.74. The highest BCUT2D eigenvalue weighted by molar-refractivity contribution is 6.21. The molecule has 132 valence electrons. The molecule has 0 aromatic heterocycles. The lowest BCUT2D eigenvalue weighted by atomic mass is 10.1. The van der Waals surface area contributed by atoms with Gasteiger partial charge in [-0.2, -0.15) is 0 Å². The molecule has 0 aliphatic carbocycles. The van der Waals surface area contributed by atoms with Crippen molar-refractivity contribution in [1.29, 1.82) is 0 Å². The molecular formula is C19H23N3O3. The number of amides is 4. The highest BCUT2D eigenvalue weighted by atomic mass is 16.2. The van der Waals surface area contributed by atoms with E-state index in [9.17, 15) is 14.4 Å². The van der Waals surface area contributed by atoms with Gasteiger partial charge in [-0.3, -0.25) is 14.5 Å². The number of hydrogen-bond acceptors (Lipinski definition) is 3. The molecule has 0 bridgehead atoms. The lowest BCUT2D eigenvalue weighted by molar-refractivity contribution is 0.0636. The molecule has 1 aromatic rings. The number of anilines is 1. The van der Waals surface area contributed by atoms with Crippen molar-refractivity contribution < 1.29 is 14.4 Å². The van der Waals surface area contributed by atoms with E-state index in [-0.39, 0.29) is 23.8 Å². The first-order chi connectivity index (χ1) is 11.9. The van der Waals surface area contributed by atoms with Crippen LogP contribution in [0.5, 0.6) is 0 Å². The highest BCUT2D eigenvalue weighted by Gasteiger charge is 2.35. The maximum absolute atomic E-state index is 12.5. The van der Waals surface area contributed by atoms with Crippen molar-refractivity contribution in [2.45, 2.75) is 13.8 Å². The minimum Gasteiger partial charge on any atom is -0.317 e. The molecule has 0 atom stereocenters. The van der Waals surface area contributed by atoms with Gasteiger partial charge in [0.2, 0.25) is 0 Å². The van der Waals surface area contributed by atoms with Crippen molar-refractivity contribution >= 4 is 23.5 Å². The molecule has 6 heteroatoms. The molecule has 25 heavy (non-hydrogen) atoms. The quantitative estimate of drug-likeness (QED) is 0.612. The molecule has 0 fully saturated rings. The zero-order chi connectivity index (χ0) is 18.6. The SMILES string of the molecule is C=CCN(CC=C)C(=O)Nc1ccc2c(c1)C(=O)N(CC(C)C)C2=O. The standard InChI is InChI=1S/C19H23N3O3/c1-5-9-21(10-6-2)19(25)20-14-7-8-15-16(11-14)18(24)22(17(15)23)12-13(3)4/h5-8,11,13H,1-2,9-10,12H2,3-4H3,(H,20,25). The molecule has 1 heterocycles. The van der Waals surface area contributed by atoms with E-state index in [1.54, 1.807) is 30.4 Å². The number of urea groups is 1. The zero-order valence-corrected chi connectivity index (χ0v) is 14.6. The van der Waals surface area contributed by atoms with Gasteiger partial charge in [0, 0.05) is 25.3 Å². The summed E-state index contributed by atoms with van der Waals surface area (Å²) in [6.45, 7) is 12.3. The first kappa shape index (κ1) is 18.4. The lowest BCUT2D eigenvalue weighted by Crippen LogP contribution is -2.35. The zero-order valence-electron chi connectivity index (χ0n) is 14.6. The molecule has 0 saturated heterocycles. The van der Waals surface area contributed by atoms with Gasteiger partial charge in [0.05, 0.1) is 11.1 Å². The fourth-order valence-electron chi connectivity index (χ4n) is 2.65. The summed E-state index contributed by atoms with van der Waals surface area (Å²) in [4.78, 5) is 39.9. The summed E-state index contributed by atoms with van der Waals surface area (Å²) in [5.74, 6) is -0.418. The highest BCUT2D eigenvalue weighted by Crippen LogP contribution is 2.26. The largest absolute Gasteiger partial charge is 0.322 e. The van der Waals surface area contributed by atoms with Gasteiger partial charge in [-0.1, -0.05) is 26.0 Å². The molecular weight excluding hydrogens is 318 g/mol. The topological polar surface area (TPSA) is 69.7 Å². The van der Waals surface area contributed by atoms with Gasteiger partial charge < -0.3 is 10.2 Å². The average Bonchev–Trinajstić information content (AvgIpc) is 2.79. The predicted octanol–water partition coefficient (Wildman–Crippen LogP) is 3.14. The first-order valence-corrected chi connectivity index (χ1v) is 8.17.